The molecule has 0 fully saturated rings. The Labute approximate surface area is 112 Å². The SMILES string of the molecule is CC(NC1CCCc2c1cnn2C)c1ccsc1. The predicted molar refractivity (Wildman–Crippen MR) is 74.8 cm³/mol. The summed E-state index contributed by atoms with van der Waals surface area (Å²) < 4.78 is 2.03. The van der Waals surface area contributed by atoms with Gasteiger partial charge >= 0.3 is 0 Å². The Balaban J connectivity index is 1.78. The van der Waals surface area contributed by atoms with Crippen LogP contribution in [0.5, 0.6) is 0 Å². The molecule has 0 bridgehead atoms. The van der Waals surface area contributed by atoms with Crippen molar-refractivity contribution in [3.8, 4) is 0 Å². The minimum absolute atomic E-state index is 0.410. The highest BCUT2D eigenvalue weighted by atomic mass is 32.1. The number of thiophene rings is 1. The van der Waals surface area contributed by atoms with Gasteiger partial charge in [0.1, 0.15) is 0 Å². The summed E-state index contributed by atoms with van der Waals surface area (Å²) in [4.78, 5) is 0. The van der Waals surface area contributed by atoms with Gasteiger partial charge in [0, 0.05) is 30.4 Å². The Morgan fingerprint density at radius 3 is 3.22 bits per heavy atom. The Morgan fingerprint density at radius 2 is 2.44 bits per heavy atom. The third-order valence-electron chi connectivity index (χ3n) is 3.87. The Hall–Kier alpha value is -1.13. The molecular formula is C14H19N3S. The van der Waals surface area contributed by atoms with Crippen LogP contribution in [-0.4, -0.2) is 9.78 Å². The van der Waals surface area contributed by atoms with Crippen LogP contribution in [0.3, 0.4) is 0 Å². The molecule has 96 valence electrons. The quantitative estimate of drug-likeness (QED) is 0.919. The van der Waals surface area contributed by atoms with Crippen molar-refractivity contribution in [2.24, 2.45) is 7.05 Å². The fourth-order valence-electron chi connectivity index (χ4n) is 2.80. The van der Waals surface area contributed by atoms with Crippen molar-refractivity contribution in [3.63, 3.8) is 0 Å². The van der Waals surface area contributed by atoms with Gasteiger partial charge < -0.3 is 5.32 Å². The molecule has 4 heteroatoms. The third-order valence-corrected chi connectivity index (χ3v) is 4.57. The zero-order valence-electron chi connectivity index (χ0n) is 10.9. The van der Waals surface area contributed by atoms with Crippen LogP contribution in [0.2, 0.25) is 0 Å². The second-order valence-electron chi connectivity index (χ2n) is 5.06. The lowest BCUT2D eigenvalue weighted by molar-refractivity contribution is 0.411. The van der Waals surface area contributed by atoms with Crippen LogP contribution in [0.15, 0.2) is 23.0 Å². The standard InChI is InChI=1S/C14H19N3S/c1-10(11-6-7-18-9-11)16-13-4-3-5-14-12(13)8-15-17(14)2/h6-10,13,16H,3-5H2,1-2H3. The molecule has 2 heterocycles. The number of fused-ring (bicyclic) bond motifs is 1. The number of aromatic nitrogens is 2. The minimum atomic E-state index is 0.410. The van der Waals surface area contributed by atoms with Crippen molar-refractivity contribution >= 4 is 11.3 Å². The summed E-state index contributed by atoms with van der Waals surface area (Å²) >= 11 is 1.76. The molecule has 2 unspecified atom stereocenters. The monoisotopic (exact) mass is 261 g/mol. The van der Waals surface area contributed by atoms with Gasteiger partial charge in [-0.2, -0.15) is 16.4 Å². The molecule has 18 heavy (non-hydrogen) atoms. The first-order valence-corrected chi connectivity index (χ1v) is 7.49. The third kappa shape index (κ3) is 2.10. The van der Waals surface area contributed by atoms with Crippen molar-refractivity contribution in [1.82, 2.24) is 15.1 Å². The number of nitrogens with zero attached hydrogens (tertiary/aromatic N) is 2. The van der Waals surface area contributed by atoms with Crippen molar-refractivity contribution in [2.75, 3.05) is 0 Å². The molecule has 0 aromatic carbocycles. The molecule has 0 aliphatic heterocycles. The lowest BCUT2D eigenvalue weighted by Gasteiger charge is -2.27. The van der Waals surface area contributed by atoms with E-state index >= 15 is 0 Å². The van der Waals surface area contributed by atoms with Crippen LogP contribution in [0.1, 0.15) is 48.7 Å². The van der Waals surface area contributed by atoms with Crippen molar-refractivity contribution in [1.29, 1.82) is 0 Å². The molecule has 0 spiro atoms. The van der Waals surface area contributed by atoms with Crippen LogP contribution in [0.4, 0.5) is 0 Å². The molecule has 0 saturated carbocycles. The van der Waals surface area contributed by atoms with E-state index < -0.39 is 0 Å². The van der Waals surface area contributed by atoms with Gasteiger partial charge in [0.15, 0.2) is 0 Å². The van der Waals surface area contributed by atoms with Gasteiger partial charge in [0.05, 0.1) is 6.20 Å². The summed E-state index contributed by atoms with van der Waals surface area (Å²) in [6.45, 7) is 2.24. The fourth-order valence-corrected chi connectivity index (χ4v) is 3.55. The molecule has 0 amide bonds. The first-order valence-electron chi connectivity index (χ1n) is 6.54. The molecule has 2 atom stereocenters. The van der Waals surface area contributed by atoms with Crippen molar-refractivity contribution < 1.29 is 0 Å². The van der Waals surface area contributed by atoms with E-state index in [1.54, 1.807) is 11.3 Å². The van der Waals surface area contributed by atoms with Crippen LogP contribution >= 0.6 is 11.3 Å². The number of rotatable bonds is 3. The predicted octanol–water partition coefficient (Wildman–Crippen LogP) is 3.21. The van der Waals surface area contributed by atoms with Crippen LogP contribution in [0.25, 0.3) is 0 Å². The Morgan fingerprint density at radius 1 is 1.56 bits per heavy atom. The molecular weight excluding hydrogens is 242 g/mol. The lowest BCUT2D eigenvalue weighted by atomic mass is 9.92. The van der Waals surface area contributed by atoms with E-state index in [0.29, 0.717) is 12.1 Å². The molecule has 3 rings (SSSR count). The van der Waals surface area contributed by atoms with Gasteiger partial charge in [-0.1, -0.05) is 0 Å². The van der Waals surface area contributed by atoms with Gasteiger partial charge in [-0.15, -0.1) is 0 Å². The van der Waals surface area contributed by atoms with E-state index in [0.717, 1.165) is 6.42 Å². The summed E-state index contributed by atoms with van der Waals surface area (Å²) in [6, 6.07) is 3.07. The van der Waals surface area contributed by atoms with E-state index in [1.807, 2.05) is 17.9 Å². The topological polar surface area (TPSA) is 29.9 Å². The Kier molecular flexibility index (Phi) is 3.22. The average Bonchev–Trinajstić information content (AvgIpc) is 3.00. The van der Waals surface area contributed by atoms with E-state index in [-0.39, 0.29) is 0 Å². The molecule has 1 N–H and O–H groups in total. The molecule has 0 saturated heterocycles. The largest absolute Gasteiger partial charge is 0.303 e. The summed E-state index contributed by atoms with van der Waals surface area (Å²) in [5.74, 6) is 0. The highest BCUT2D eigenvalue weighted by Crippen LogP contribution is 2.31. The van der Waals surface area contributed by atoms with Gasteiger partial charge in [-0.25, -0.2) is 0 Å². The molecule has 1 aliphatic rings. The maximum absolute atomic E-state index is 4.40. The Bertz CT molecular complexity index is 515. The molecule has 1 aliphatic carbocycles. The van der Waals surface area contributed by atoms with Crippen LogP contribution in [0, 0.1) is 0 Å². The summed E-state index contributed by atoms with van der Waals surface area (Å²) in [6.07, 6.45) is 5.66. The van der Waals surface area contributed by atoms with Crippen molar-refractivity contribution in [3.05, 3.63) is 39.8 Å². The lowest BCUT2D eigenvalue weighted by Crippen LogP contribution is -2.27. The smallest absolute Gasteiger partial charge is 0.0540 e. The normalized spacial score (nSPS) is 20.7. The van der Waals surface area contributed by atoms with E-state index in [9.17, 15) is 0 Å². The zero-order chi connectivity index (χ0) is 12.5. The second kappa shape index (κ2) is 4.86. The zero-order valence-corrected chi connectivity index (χ0v) is 11.7. The number of hydrogen-bond acceptors (Lipinski definition) is 3. The van der Waals surface area contributed by atoms with Crippen molar-refractivity contribution in [2.45, 2.75) is 38.3 Å². The van der Waals surface area contributed by atoms with E-state index in [4.69, 9.17) is 0 Å². The highest BCUT2D eigenvalue weighted by Gasteiger charge is 2.24. The highest BCUT2D eigenvalue weighted by molar-refractivity contribution is 7.07. The van der Waals surface area contributed by atoms with E-state index in [2.05, 4.69) is 34.2 Å². The first-order chi connectivity index (χ1) is 8.75. The molecule has 2 aromatic rings. The van der Waals surface area contributed by atoms with Gasteiger partial charge in [0.2, 0.25) is 0 Å². The van der Waals surface area contributed by atoms with Gasteiger partial charge in [-0.05, 0) is 48.6 Å². The van der Waals surface area contributed by atoms with Crippen LogP contribution in [-0.2, 0) is 13.5 Å². The summed E-state index contributed by atoms with van der Waals surface area (Å²) in [5, 5.41) is 12.5. The number of aryl methyl sites for hydroxylation is 1. The van der Waals surface area contributed by atoms with Crippen LogP contribution < -0.4 is 5.32 Å². The summed E-state index contributed by atoms with van der Waals surface area (Å²) in [5.41, 5.74) is 4.18. The molecule has 2 aromatic heterocycles. The second-order valence-corrected chi connectivity index (χ2v) is 5.84. The van der Waals surface area contributed by atoms with Gasteiger partial charge in [-0.3, -0.25) is 4.68 Å². The summed E-state index contributed by atoms with van der Waals surface area (Å²) in [7, 11) is 2.05. The number of nitrogens with one attached hydrogen (secondary N) is 1. The maximum atomic E-state index is 4.40. The average molecular weight is 261 g/mol. The fraction of sp³-hybridized carbons (Fsp3) is 0.500. The number of hydrogen-bond donors (Lipinski definition) is 1. The molecule has 3 nitrogen and oxygen atoms in total. The van der Waals surface area contributed by atoms with Gasteiger partial charge in [0.25, 0.3) is 0 Å². The first kappa shape index (κ1) is 11.9. The maximum Gasteiger partial charge on any atom is 0.0540 e. The minimum Gasteiger partial charge on any atom is -0.303 e. The van der Waals surface area contributed by atoms with E-state index in [1.165, 1.54) is 29.7 Å². The molecule has 0 radical (unpaired) electrons.